The van der Waals surface area contributed by atoms with Gasteiger partial charge in [-0.05, 0) is 104 Å². The van der Waals surface area contributed by atoms with Crippen LogP contribution in [0.1, 0.15) is 22.3 Å². The highest BCUT2D eigenvalue weighted by Gasteiger charge is 2.48. The Morgan fingerprint density at radius 1 is 0.310 bits per heavy atom. The minimum absolute atomic E-state index is 0.0128. The standard InChI is InChI=1S/C61H40F2O6S2/c62-55-33-17-19-35-57(55)70(64,65)68-59-49(41-21-5-1-6-22-41)37-45(38-50(59)42-23-7-2-8-24-42)61(53-31-15-13-29-47(53)48-30-14-16-32-54(48)61)46-39-51(43-25-9-3-10-26-43)60(52(40-46)44-27-11-4-12-28-44)69-71(66,67)58-36-20-18-34-56(58)63/h1-40H. The topological polar surface area (TPSA) is 86.7 Å². The molecule has 0 bridgehead atoms. The van der Waals surface area contributed by atoms with E-state index in [1.807, 2.05) is 170 Å². The first kappa shape index (κ1) is 45.0. The number of fused-ring (bicyclic) bond motifs is 3. The van der Waals surface area contributed by atoms with E-state index < -0.39 is 47.1 Å². The van der Waals surface area contributed by atoms with Crippen LogP contribution >= 0.6 is 0 Å². The van der Waals surface area contributed by atoms with Crippen molar-refractivity contribution in [3.05, 3.63) is 277 Å². The zero-order chi connectivity index (χ0) is 48.7. The number of hydrogen-bond acceptors (Lipinski definition) is 6. The van der Waals surface area contributed by atoms with Crippen LogP contribution in [0.4, 0.5) is 8.78 Å². The Morgan fingerprint density at radius 3 is 0.887 bits per heavy atom. The van der Waals surface area contributed by atoms with Gasteiger partial charge in [0.25, 0.3) is 0 Å². The molecule has 0 radical (unpaired) electrons. The molecular formula is C61H40F2O6S2. The van der Waals surface area contributed by atoms with Crippen LogP contribution in [0, 0.1) is 11.6 Å². The number of benzene rings is 10. The summed E-state index contributed by atoms with van der Waals surface area (Å²) < 4.78 is 101. The van der Waals surface area contributed by atoms with E-state index in [-0.39, 0.29) is 11.5 Å². The first-order chi connectivity index (χ1) is 34.5. The lowest BCUT2D eigenvalue weighted by molar-refractivity contribution is 0.476. The van der Waals surface area contributed by atoms with Crippen LogP contribution in [0.3, 0.4) is 0 Å². The fourth-order valence-corrected chi connectivity index (χ4v) is 11.9. The third kappa shape index (κ3) is 7.97. The lowest BCUT2D eigenvalue weighted by atomic mass is 9.66. The van der Waals surface area contributed by atoms with Gasteiger partial charge in [-0.1, -0.05) is 194 Å². The summed E-state index contributed by atoms with van der Waals surface area (Å²) in [4.78, 5) is -1.23. The van der Waals surface area contributed by atoms with E-state index in [1.165, 1.54) is 36.4 Å². The number of hydrogen-bond donors (Lipinski definition) is 0. The van der Waals surface area contributed by atoms with E-state index in [0.29, 0.717) is 55.6 Å². The van der Waals surface area contributed by atoms with Crippen LogP contribution in [-0.4, -0.2) is 16.8 Å². The maximum atomic E-state index is 15.4. The molecule has 10 aromatic carbocycles. The molecule has 0 fully saturated rings. The van der Waals surface area contributed by atoms with Gasteiger partial charge in [-0.2, -0.15) is 16.8 Å². The van der Waals surface area contributed by atoms with E-state index in [0.717, 1.165) is 34.4 Å². The Balaban J connectivity index is 1.29. The van der Waals surface area contributed by atoms with Gasteiger partial charge in [-0.25, -0.2) is 8.78 Å². The molecule has 0 aromatic heterocycles. The molecule has 0 aliphatic heterocycles. The van der Waals surface area contributed by atoms with E-state index in [2.05, 4.69) is 24.3 Å². The Kier molecular flexibility index (Phi) is 11.5. The molecule has 10 heteroatoms. The third-order valence-corrected chi connectivity index (χ3v) is 15.4. The minimum Gasteiger partial charge on any atom is -0.378 e. The van der Waals surface area contributed by atoms with Crippen molar-refractivity contribution in [3.63, 3.8) is 0 Å². The predicted octanol–water partition coefficient (Wildman–Crippen LogP) is 14.5. The van der Waals surface area contributed by atoms with Crippen molar-refractivity contribution in [1.82, 2.24) is 0 Å². The molecule has 0 atom stereocenters. The monoisotopic (exact) mass is 970 g/mol. The summed E-state index contributed by atoms with van der Waals surface area (Å²) in [5, 5.41) is 0. The van der Waals surface area contributed by atoms with Crippen molar-refractivity contribution in [3.8, 4) is 67.1 Å². The second-order valence-electron chi connectivity index (χ2n) is 17.0. The van der Waals surface area contributed by atoms with Gasteiger partial charge in [-0.3, -0.25) is 0 Å². The molecular weight excluding hydrogens is 931 g/mol. The van der Waals surface area contributed by atoms with Crippen molar-refractivity contribution in [2.24, 2.45) is 0 Å². The number of rotatable bonds is 12. The molecule has 0 amide bonds. The maximum absolute atomic E-state index is 15.4. The summed E-state index contributed by atoms with van der Waals surface area (Å²) in [6, 6.07) is 71.3. The molecule has 6 nitrogen and oxygen atoms in total. The van der Waals surface area contributed by atoms with Crippen molar-refractivity contribution in [1.29, 1.82) is 0 Å². The molecule has 1 aliphatic carbocycles. The van der Waals surface area contributed by atoms with Crippen molar-refractivity contribution in [2.75, 3.05) is 0 Å². The van der Waals surface area contributed by atoms with Crippen LogP contribution < -0.4 is 8.37 Å². The van der Waals surface area contributed by atoms with Gasteiger partial charge >= 0.3 is 20.2 Å². The molecule has 11 rings (SSSR count). The molecule has 0 saturated carbocycles. The van der Waals surface area contributed by atoms with Crippen LogP contribution in [0.15, 0.2) is 252 Å². The summed E-state index contributed by atoms with van der Waals surface area (Å²) in [6.07, 6.45) is 0. The van der Waals surface area contributed by atoms with E-state index in [4.69, 9.17) is 8.37 Å². The highest BCUT2D eigenvalue weighted by molar-refractivity contribution is 7.87. The fraction of sp³-hybridized carbons (Fsp3) is 0.0164. The van der Waals surface area contributed by atoms with Gasteiger partial charge in [0, 0.05) is 22.3 Å². The first-order valence-corrected chi connectivity index (χ1v) is 25.5. The smallest absolute Gasteiger partial charge is 0.342 e. The second kappa shape index (κ2) is 18.1. The van der Waals surface area contributed by atoms with Crippen LogP contribution in [0.2, 0.25) is 0 Å². The predicted molar refractivity (Wildman–Crippen MR) is 274 cm³/mol. The zero-order valence-corrected chi connectivity index (χ0v) is 39.2. The van der Waals surface area contributed by atoms with Gasteiger partial charge < -0.3 is 8.37 Å². The Morgan fingerprint density at radius 2 is 0.577 bits per heavy atom. The van der Waals surface area contributed by atoms with E-state index in [9.17, 15) is 16.8 Å². The summed E-state index contributed by atoms with van der Waals surface area (Å²) >= 11 is 0. The highest BCUT2D eigenvalue weighted by atomic mass is 32.2. The lowest BCUT2D eigenvalue weighted by Gasteiger charge is -2.36. The van der Waals surface area contributed by atoms with Gasteiger partial charge in [0.2, 0.25) is 0 Å². The van der Waals surface area contributed by atoms with Gasteiger partial charge in [0.05, 0.1) is 5.41 Å². The second-order valence-corrected chi connectivity index (χ2v) is 20.1. The average Bonchev–Trinajstić information content (AvgIpc) is 3.71. The van der Waals surface area contributed by atoms with Crippen LogP contribution in [0.5, 0.6) is 11.5 Å². The third-order valence-electron chi connectivity index (χ3n) is 12.9. The molecule has 0 saturated heterocycles. The number of halogens is 2. The Bertz CT molecular complexity index is 3490. The quantitative estimate of drug-likeness (QED) is 0.113. The summed E-state index contributed by atoms with van der Waals surface area (Å²) in [7, 11) is -9.56. The Labute approximate surface area is 411 Å². The molecule has 0 N–H and O–H groups in total. The summed E-state index contributed by atoms with van der Waals surface area (Å²) in [6.45, 7) is 0. The van der Waals surface area contributed by atoms with Crippen LogP contribution in [0.25, 0.3) is 55.6 Å². The van der Waals surface area contributed by atoms with Crippen LogP contribution in [-0.2, 0) is 25.7 Å². The van der Waals surface area contributed by atoms with E-state index in [1.54, 1.807) is 0 Å². The van der Waals surface area contributed by atoms with Crippen molar-refractivity contribution >= 4 is 20.2 Å². The summed E-state index contributed by atoms with van der Waals surface area (Å²) in [5.41, 5.74) is 7.95. The van der Waals surface area contributed by atoms with Gasteiger partial charge in [0.15, 0.2) is 11.5 Å². The van der Waals surface area contributed by atoms with Crippen molar-refractivity contribution < 1.29 is 34.0 Å². The normalized spacial score (nSPS) is 12.7. The molecule has 346 valence electrons. The molecule has 0 heterocycles. The van der Waals surface area contributed by atoms with Gasteiger partial charge in [-0.15, -0.1) is 0 Å². The molecule has 1 aliphatic rings. The molecule has 10 aromatic rings. The lowest BCUT2D eigenvalue weighted by Crippen LogP contribution is -2.29. The summed E-state index contributed by atoms with van der Waals surface area (Å²) in [5.74, 6) is -1.94. The molecule has 0 spiro atoms. The average molecular weight is 971 g/mol. The molecule has 71 heavy (non-hydrogen) atoms. The highest BCUT2D eigenvalue weighted by Crippen LogP contribution is 2.59. The Hall–Kier alpha value is -8.44. The van der Waals surface area contributed by atoms with Gasteiger partial charge in [0.1, 0.15) is 21.4 Å². The minimum atomic E-state index is -4.78. The zero-order valence-electron chi connectivity index (χ0n) is 37.6. The van der Waals surface area contributed by atoms with Crippen molar-refractivity contribution in [2.45, 2.75) is 15.2 Å². The first-order valence-electron chi connectivity index (χ1n) is 22.7. The maximum Gasteiger partial charge on any atom is 0.342 e. The molecule has 0 unspecified atom stereocenters. The largest absolute Gasteiger partial charge is 0.378 e. The SMILES string of the molecule is O=S(=O)(Oc1c(-c2ccccc2)cc(C2(c3cc(-c4ccccc4)c(OS(=O)(=O)c4ccccc4F)c(-c4ccccc4)c3)c3ccccc3-c3ccccc32)cc1-c1ccccc1)c1ccccc1F. The fourth-order valence-electron chi connectivity index (χ4n) is 9.83. The van der Waals surface area contributed by atoms with E-state index >= 15 is 8.78 Å².